The van der Waals surface area contributed by atoms with Crippen molar-refractivity contribution in [2.24, 2.45) is 5.41 Å². The van der Waals surface area contributed by atoms with Crippen LogP contribution in [0.15, 0.2) is 18.2 Å². The monoisotopic (exact) mass is 441 g/mol. The van der Waals surface area contributed by atoms with Crippen LogP contribution in [0.4, 0.5) is 5.69 Å². The van der Waals surface area contributed by atoms with E-state index < -0.39 is 0 Å². The second-order valence-electron chi connectivity index (χ2n) is 6.48. The lowest BCUT2D eigenvalue weighted by molar-refractivity contribution is -0.121. The second kappa shape index (κ2) is 13.3. The normalized spacial score (nSPS) is 15.1. The Labute approximate surface area is 178 Å². The first kappa shape index (κ1) is 26.1. The first-order valence-corrected chi connectivity index (χ1v) is 9.00. The highest BCUT2D eigenvalue weighted by Crippen LogP contribution is 2.29. The van der Waals surface area contributed by atoms with Crippen molar-refractivity contribution in [1.82, 2.24) is 10.6 Å². The summed E-state index contributed by atoms with van der Waals surface area (Å²) in [6.07, 6.45) is 2.41. The van der Waals surface area contributed by atoms with Gasteiger partial charge in [-0.25, -0.2) is 0 Å². The van der Waals surface area contributed by atoms with E-state index in [9.17, 15) is 4.79 Å². The maximum Gasteiger partial charge on any atom is 0.221 e. The van der Waals surface area contributed by atoms with Crippen LogP contribution >= 0.6 is 36.4 Å². The smallest absolute Gasteiger partial charge is 0.221 e. The van der Waals surface area contributed by atoms with Crippen molar-refractivity contribution in [3.05, 3.63) is 23.2 Å². The number of amides is 1. The number of ether oxygens (including phenoxy) is 2. The standard InChI is InChI=1S/C18H28ClN3O3.2ClH/c1-24-13-18(6-9-20-10-7-18)12-22-17(23)5-8-21-15-11-14(19)3-4-16(15)25-2;;/h3-4,11,20-21H,5-10,12-13H2,1-2H3,(H,22,23);2*1H. The molecule has 0 bridgehead atoms. The van der Waals surface area contributed by atoms with Crippen LogP contribution in [-0.4, -0.2) is 52.9 Å². The molecule has 0 radical (unpaired) electrons. The van der Waals surface area contributed by atoms with E-state index >= 15 is 0 Å². The maximum atomic E-state index is 12.2. The summed E-state index contributed by atoms with van der Waals surface area (Å²) in [5.74, 6) is 0.737. The summed E-state index contributed by atoms with van der Waals surface area (Å²) in [6.45, 7) is 3.78. The molecule has 3 N–H and O–H groups in total. The van der Waals surface area contributed by atoms with Crippen LogP contribution in [0.2, 0.25) is 5.02 Å². The number of piperidine rings is 1. The SMILES string of the molecule is COCC1(CNC(=O)CCNc2cc(Cl)ccc2OC)CCNCC1.Cl.Cl. The Morgan fingerprint density at radius 1 is 1.26 bits per heavy atom. The average Bonchev–Trinajstić information content (AvgIpc) is 2.61. The molecule has 1 amide bonds. The average molecular weight is 443 g/mol. The highest BCUT2D eigenvalue weighted by atomic mass is 35.5. The molecule has 1 fully saturated rings. The van der Waals surface area contributed by atoms with Gasteiger partial charge in [0, 0.05) is 37.1 Å². The zero-order valence-electron chi connectivity index (χ0n) is 15.8. The van der Waals surface area contributed by atoms with Crippen LogP contribution in [0.25, 0.3) is 0 Å². The number of benzene rings is 1. The molecule has 9 heteroatoms. The minimum atomic E-state index is 0. The summed E-state index contributed by atoms with van der Waals surface area (Å²) in [5, 5.41) is 10.2. The fourth-order valence-corrected chi connectivity index (χ4v) is 3.31. The number of halogens is 3. The lowest BCUT2D eigenvalue weighted by Crippen LogP contribution is -2.47. The third-order valence-corrected chi connectivity index (χ3v) is 4.84. The summed E-state index contributed by atoms with van der Waals surface area (Å²) in [4.78, 5) is 12.2. The summed E-state index contributed by atoms with van der Waals surface area (Å²) in [7, 11) is 3.32. The minimum absolute atomic E-state index is 0. The van der Waals surface area contributed by atoms with Crippen molar-refractivity contribution < 1.29 is 14.3 Å². The molecule has 0 spiro atoms. The number of methoxy groups -OCH3 is 2. The molecular formula is C18H30Cl3N3O3. The molecule has 0 saturated carbocycles. The number of nitrogens with one attached hydrogen (secondary N) is 3. The Kier molecular flexibility index (Phi) is 12.8. The van der Waals surface area contributed by atoms with E-state index in [1.54, 1.807) is 32.4 Å². The molecule has 1 heterocycles. The van der Waals surface area contributed by atoms with Crippen LogP contribution in [-0.2, 0) is 9.53 Å². The van der Waals surface area contributed by atoms with Crippen LogP contribution in [0.3, 0.4) is 0 Å². The minimum Gasteiger partial charge on any atom is -0.495 e. The molecule has 1 aromatic carbocycles. The first-order chi connectivity index (χ1) is 12.1. The molecule has 0 aromatic heterocycles. The van der Waals surface area contributed by atoms with Crippen LogP contribution in [0, 0.1) is 5.41 Å². The molecule has 156 valence electrons. The van der Waals surface area contributed by atoms with E-state index in [0.717, 1.165) is 31.6 Å². The Morgan fingerprint density at radius 3 is 2.59 bits per heavy atom. The maximum absolute atomic E-state index is 12.2. The van der Waals surface area contributed by atoms with E-state index in [1.807, 2.05) is 0 Å². The Balaban J connectivity index is 0.00000338. The van der Waals surface area contributed by atoms with Gasteiger partial charge in [-0.3, -0.25) is 4.79 Å². The van der Waals surface area contributed by atoms with Crippen LogP contribution in [0.1, 0.15) is 19.3 Å². The lowest BCUT2D eigenvalue weighted by atomic mass is 9.79. The van der Waals surface area contributed by atoms with E-state index in [1.165, 1.54) is 0 Å². The summed E-state index contributed by atoms with van der Waals surface area (Å²) >= 11 is 6.00. The van der Waals surface area contributed by atoms with Crippen molar-refractivity contribution in [1.29, 1.82) is 0 Å². The predicted octanol–water partition coefficient (Wildman–Crippen LogP) is 3.13. The number of rotatable bonds is 9. The Morgan fingerprint density at radius 2 is 1.96 bits per heavy atom. The molecule has 6 nitrogen and oxygen atoms in total. The van der Waals surface area contributed by atoms with Gasteiger partial charge in [0.25, 0.3) is 0 Å². The van der Waals surface area contributed by atoms with Crippen molar-refractivity contribution in [2.75, 3.05) is 52.3 Å². The zero-order chi connectivity index (χ0) is 18.1. The predicted molar refractivity (Wildman–Crippen MR) is 115 cm³/mol. The number of anilines is 1. The number of carbonyl (C=O) groups excluding carboxylic acids is 1. The van der Waals surface area contributed by atoms with E-state index in [0.29, 0.717) is 36.9 Å². The molecule has 1 aliphatic rings. The third kappa shape index (κ3) is 8.32. The molecule has 0 aliphatic carbocycles. The summed E-state index contributed by atoms with van der Waals surface area (Å²) in [5.41, 5.74) is 0.830. The number of hydrogen-bond acceptors (Lipinski definition) is 5. The summed E-state index contributed by atoms with van der Waals surface area (Å²) in [6, 6.07) is 5.36. The largest absolute Gasteiger partial charge is 0.495 e. The summed E-state index contributed by atoms with van der Waals surface area (Å²) < 4.78 is 10.7. The fourth-order valence-electron chi connectivity index (χ4n) is 3.14. The van der Waals surface area contributed by atoms with Crippen molar-refractivity contribution in [2.45, 2.75) is 19.3 Å². The van der Waals surface area contributed by atoms with Gasteiger partial charge in [-0.05, 0) is 44.1 Å². The van der Waals surface area contributed by atoms with Gasteiger partial charge in [0.2, 0.25) is 5.91 Å². The van der Waals surface area contributed by atoms with Crippen LogP contribution in [0.5, 0.6) is 5.75 Å². The fraction of sp³-hybridized carbons (Fsp3) is 0.611. The van der Waals surface area contributed by atoms with Gasteiger partial charge in [0.1, 0.15) is 5.75 Å². The van der Waals surface area contributed by atoms with Crippen molar-refractivity contribution >= 4 is 48.0 Å². The van der Waals surface area contributed by atoms with Gasteiger partial charge in [-0.15, -0.1) is 24.8 Å². The Bertz CT molecular complexity index is 565. The van der Waals surface area contributed by atoms with Gasteiger partial charge < -0.3 is 25.4 Å². The van der Waals surface area contributed by atoms with Gasteiger partial charge >= 0.3 is 0 Å². The van der Waals surface area contributed by atoms with E-state index in [4.69, 9.17) is 21.1 Å². The molecule has 27 heavy (non-hydrogen) atoms. The lowest BCUT2D eigenvalue weighted by Gasteiger charge is -2.37. The van der Waals surface area contributed by atoms with Crippen molar-refractivity contribution in [3.63, 3.8) is 0 Å². The molecular weight excluding hydrogens is 413 g/mol. The first-order valence-electron chi connectivity index (χ1n) is 8.62. The topological polar surface area (TPSA) is 71.6 Å². The van der Waals surface area contributed by atoms with Crippen LogP contribution < -0.4 is 20.7 Å². The quantitative estimate of drug-likeness (QED) is 0.548. The van der Waals surface area contributed by atoms with Crippen molar-refractivity contribution in [3.8, 4) is 5.75 Å². The molecule has 1 aliphatic heterocycles. The molecule has 1 aromatic rings. The highest BCUT2D eigenvalue weighted by molar-refractivity contribution is 6.30. The number of carbonyl (C=O) groups is 1. The molecule has 0 unspecified atom stereocenters. The van der Waals surface area contributed by atoms with E-state index in [2.05, 4.69) is 16.0 Å². The van der Waals surface area contributed by atoms with Gasteiger partial charge in [-0.1, -0.05) is 11.6 Å². The van der Waals surface area contributed by atoms with Gasteiger partial charge in [0.05, 0.1) is 19.4 Å². The third-order valence-electron chi connectivity index (χ3n) is 4.60. The highest BCUT2D eigenvalue weighted by Gasteiger charge is 2.32. The molecule has 0 atom stereocenters. The Hall–Kier alpha value is -0.920. The van der Waals surface area contributed by atoms with Gasteiger partial charge in [-0.2, -0.15) is 0 Å². The van der Waals surface area contributed by atoms with Gasteiger partial charge in [0.15, 0.2) is 0 Å². The second-order valence-corrected chi connectivity index (χ2v) is 6.92. The van der Waals surface area contributed by atoms with E-state index in [-0.39, 0.29) is 36.1 Å². The number of hydrogen-bond donors (Lipinski definition) is 3. The molecule has 1 saturated heterocycles. The molecule has 2 rings (SSSR count). The zero-order valence-corrected chi connectivity index (χ0v) is 18.2.